The number of hydrogen-bond donors (Lipinski definition) is 1. The Hall–Kier alpha value is -1.95. The molecule has 0 saturated carbocycles. The number of rotatable bonds is 5. The van der Waals surface area contributed by atoms with Gasteiger partial charge in [-0.1, -0.05) is 13.0 Å². The van der Waals surface area contributed by atoms with E-state index in [9.17, 15) is 4.39 Å². The maximum atomic E-state index is 13.7. The second-order valence-electron chi connectivity index (χ2n) is 4.20. The standard InChI is InChI=1S/C13H16FN3O2/c1-3-12-16-17-13(19-12)7-18-9-4-5-10(8(2)15)11(14)6-9/h4-6,8H,3,7,15H2,1-2H3/t8-/m0/s1. The van der Waals surface area contributed by atoms with Crippen molar-refractivity contribution in [3.05, 3.63) is 41.4 Å². The molecule has 19 heavy (non-hydrogen) atoms. The van der Waals surface area contributed by atoms with Crippen molar-refractivity contribution >= 4 is 0 Å². The largest absolute Gasteiger partial charge is 0.484 e. The lowest BCUT2D eigenvalue weighted by Gasteiger charge is -2.09. The highest BCUT2D eigenvalue weighted by molar-refractivity contribution is 5.30. The van der Waals surface area contributed by atoms with Crippen LogP contribution in [0.2, 0.25) is 0 Å². The summed E-state index contributed by atoms with van der Waals surface area (Å²) in [4.78, 5) is 0. The zero-order valence-corrected chi connectivity index (χ0v) is 10.9. The Balaban J connectivity index is 2.01. The van der Waals surface area contributed by atoms with Gasteiger partial charge in [0.2, 0.25) is 5.89 Å². The summed E-state index contributed by atoms with van der Waals surface area (Å²) in [5.74, 6) is 0.941. The molecule has 1 heterocycles. The Morgan fingerprint density at radius 2 is 2.11 bits per heavy atom. The predicted octanol–water partition coefficient (Wildman–Crippen LogP) is 2.37. The molecule has 5 nitrogen and oxygen atoms in total. The minimum Gasteiger partial charge on any atom is -0.484 e. The van der Waals surface area contributed by atoms with Gasteiger partial charge >= 0.3 is 0 Å². The van der Waals surface area contributed by atoms with Crippen LogP contribution in [0.25, 0.3) is 0 Å². The van der Waals surface area contributed by atoms with E-state index in [2.05, 4.69) is 10.2 Å². The third kappa shape index (κ3) is 3.29. The highest BCUT2D eigenvalue weighted by Gasteiger charge is 2.09. The van der Waals surface area contributed by atoms with Crippen LogP contribution < -0.4 is 10.5 Å². The maximum Gasteiger partial charge on any atom is 0.253 e. The Morgan fingerprint density at radius 1 is 1.37 bits per heavy atom. The average Bonchev–Trinajstić information content (AvgIpc) is 2.84. The van der Waals surface area contributed by atoms with Gasteiger partial charge in [-0.15, -0.1) is 10.2 Å². The first kappa shape index (κ1) is 13.5. The summed E-state index contributed by atoms with van der Waals surface area (Å²) in [5, 5.41) is 7.63. The monoisotopic (exact) mass is 265 g/mol. The molecular weight excluding hydrogens is 249 g/mol. The van der Waals surface area contributed by atoms with E-state index in [0.29, 0.717) is 29.5 Å². The molecule has 1 aromatic heterocycles. The van der Waals surface area contributed by atoms with E-state index >= 15 is 0 Å². The first-order valence-electron chi connectivity index (χ1n) is 6.09. The van der Waals surface area contributed by atoms with Crippen molar-refractivity contribution < 1.29 is 13.5 Å². The summed E-state index contributed by atoms with van der Waals surface area (Å²) in [7, 11) is 0. The van der Waals surface area contributed by atoms with Crippen molar-refractivity contribution in [3.8, 4) is 5.75 Å². The van der Waals surface area contributed by atoms with Crippen molar-refractivity contribution in [2.24, 2.45) is 5.73 Å². The average molecular weight is 265 g/mol. The number of nitrogens with two attached hydrogens (primary N) is 1. The molecule has 0 saturated heterocycles. The van der Waals surface area contributed by atoms with Crippen molar-refractivity contribution in [2.75, 3.05) is 0 Å². The lowest BCUT2D eigenvalue weighted by atomic mass is 10.1. The molecule has 0 unspecified atom stereocenters. The van der Waals surface area contributed by atoms with Gasteiger partial charge in [0.05, 0.1) is 0 Å². The molecule has 1 atom stereocenters. The van der Waals surface area contributed by atoms with Crippen LogP contribution in [-0.4, -0.2) is 10.2 Å². The molecule has 2 rings (SSSR count). The Morgan fingerprint density at radius 3 is 2.68 bits per heavy atom. The van der Waals surface area contributed by atoms with Gasteiger partial charge in [-0.2, -0.15) is 0 Å². The molecule has 1 aromatic carbocycles. The number of ether oxygens (including phenoxy) is 1. The lowest BCUT2D eigenvalue weighted by Crippen LogP contribution is -2.07. The van der Waals surface area contributed by atoms with E-state index in [1.165, 1.54) is 6.07 Å². The summed E-state index contributed by atoms with van der Waals surface area (Å²) in [6.07, 6.45) is 0.671. The quantitative estimate of drug-likeness (QED) is 0.898. The fourth-order valence-electron chi connectivity index (χ4n) is 1.60. The van der Waals surface area contributed by atoms with Crippen LogP contribution in [0.3, 0.4) is 0 Å². The summed E-state index contributed by atoms with van der Waals surface area (Å²) in [6.45, 7) is 3.76. The summed E-state index contributed by atoms with van der Waals surface area (Å²) in [5.41, 5.74) is 6.09. The third-order valence-corrected chi connectivity index (χ3v) is 2.64. The van der Waals surface area contributed by atoms with Gasteiger partial charge in [-0.3, -0.25) is 0 Å². The van der Waals surface area contributed by atoms with Crippen LogP contribution in [0, 0.1) is 5.82 Å². The van der Waals surface area contributed by atoms with Crippen LogP contribution in [0.15, 0.2) is 22.6 Å². The summed E-state index contributed by atoms with van der Waals surface area (Å²) >= 11 is 0. The zero-order chi connectivity index (χ0) is 13.8. The van der Waals surface area contributed by atoms with Crippen molar-refractivity contribution in [3.63, 3.8) is 0 Å². The second-order valence-corrected chi connectivity index (χ2v) is 4.20. The van der Waals surface area contributed by atoms with Crippen molar-refractivity contribution in [1.29, 1.82) is 0 Å². The van der Waals surface area contributed by atoms with Crippen LogP contribution >= 0.6 is 0 Å². The molecule has 2 aromatic rings. The molecule has 0 aliphatic heterocycles. The fourth-order valence-corrected chi connectivity index (χ4v) is 1.60. The van der Waals surface area contributed by atoms with Crippen molar-refractivity contribution in [1.82, 2.24) is 10.2 Å². The van der Waals surface area contributed by atoms with Gasteiger partial charge in [0.25, 0.3) is 5.89 Å². The molecular formula is C13H16FN3O2. The third-order valence-electron chi connectivity index (χ3n) is 2.64. The Kier molecular flexibility index (Phi) is 4.11. The van der Waals surface area contributed by atoms with Crippen LogP contribution in [-0.2, 0) is 13.0 Å². The molecule has 0 aliphatic carbocycles. The Labute approximate surface area is 110 Å². The molecule has 0 bridgehead atoms. The number of nitrogens with zero attached hydrogens (tertiary/aromatic N) is 2. The summed E-state index contributed by atoms with van der Waals surface area (Å²) < 4.78 is 24.3. The molecule has 0 amide bonds. The highest BCUT2D eigenvalue weighted by atomic mass is 19.1. The van der Waals surface area contributed by atoms with E-state index in [1.54, 1.807) is 19.1 Å². The topological polar surface area (TPSA) is 74.2 Å². The lowest BCUT2D eigenvalue weighted by molar-refractivity contribution is 0.258. The summed E-state index contributed by atoms with van der Waals surface area (Å²) in [6, 6.07) is 4.23. The van der Waals surface area contributed by atoms with Gasteiger partial charge in [0.1, 0.15) is 11.6 Å². The SMILES string of the molecule is CCc1nnc(COc2ccc([C@H](C)N)c(F)c2)o1. The van der Waals surface area contributed by atoms with E-state index in [1.807, 2.05) is 6.92 Å². The minimum absolute atomic E-state index is 0.115. The fraction of sp³-hybridized carbons (Fsp3) is 0.385. The normalized spacial score (nSPS) is 12.4. The molecule has 6 heteroatoms. The van der Waals surface area contributed by atoms with Crippen LogP contribution in [0.5, 0.6) is 5.75 Å². The highest BCUT2D eigenvalue weighted by Crippen LogP contribution is 2.21. The predicted molar refractivity (Wildman–Crippen MR) is 67.0 cm³/mol. The van der Waals surface area contributed by atoms with Gasteiger partial charge in [-0.05, 0) is 13.0 Å². The van der Waals surface area contributed by atoms with Gasteiger partial charge in [0.15, 0.2) is 6.61 Å². The first-order valence-corrected chi connectivity index (χ1v) is 6.09. The maximum absolute atomic E-state index is 13.7. The molecule has 2 N–H and O–H groups in total. The minimum atomic E-state index is -0.382. The molecule has 102 valence electrons. The van der Waals surface area contributed by atoms with E-state index < -0.39 is 0 Å². The number of aryl methyl sites for hydroxylation is 1. The Bertz CT molecular complexity index is 555. The van der Waals surface area contributed by atoms with Crippen LogP contribution in [0.1, 0.15) is 37.2 Å². The van der Waals surface area contributed by atoms with Crippen LogP contribution in [0.4, 0.5) is 4.39 Å². The zero-order valence-electron chi connectivity index (χ0n) is 10.9. The van der Waals surface area contributed by atoms with Crippen molar-refractivity contribution in [2.45, 2.75) is 32.9 Å². The smallest absolute Gasteiger partial charge is 0.253 e. The van der Waals surface area contributed by atoms with E-state index in [4.69, 9.17) is 14.9 Å². The van der Waals surface area contributed by atoms with Gasteiger partial charge < -0.3 is 14.9 Å². The van der Waals surface area contributed by atoms with E-state index in [0.717, 1.165) is 0 Å². The molecule has 0 fully saturated rings. The van der Waals surface area contributed by atoms with Gasteiger partial charge in [-0.25, -0.2) is 4.39 Å². The number of hydrogen-bond acceptors (Lipinski definition) is 5. The number of aromatic nitrogens is 2. The molecule has 0 radical (unpaired) electrons. The number of halogens is 1. The van der Waals surface area contributed by atoms with E-state index in [-0.39, 0.29) is 18.5 Å². The van der Waals surface area contributed by atoms with Gasteiger partial charge in [0, 0.05) is 24.1 Å². The molecule has 0 spiro atoms. The molecule has 0 aliphatic rings. The number of benzene rings is 1. The first-order chi connectivity index (χ1) is 9.10. The second kappa shape index (κ2) is 5.79.